The van der Waals surface area contributed by atoms with Crippen LogP contribution in [0, 0.1) is 0 Å². The second kappa shape index (κ2) is 5.14. The van der Waals surface area contributed by atoms with Crippen LogP contribution in [0.4, 0.5) is 0 Å². The third-order valence-corrected chi connectivity index (χ3v) is 1.90. The molecule has 0 heterocycles. The topological polar surface area (TPSA) is 121 Å². The Balaban J connectivity index is 3.77. The van der Waals surface area contributed by atoms with Gasteiger partial charge in [-0.2, -0.15) is 0 Å². The lowest BCUT2D eigenvalue weighted by atomic mass is 10.2. The second-order valence-corrected chi connectivity index (χ2v) is 4.19. The number of carbonyl (C=O) groups is 1. The minimum atomic E-state index is -4.02. The van der Waals surface area contributed by atoms with Crippen molar-refractivity contribution < 1.29 is 24.3 Å². The zero-order valence-corrected chi connectivity index (χ0v) is 7.72. The number of rotatable bonds is 5. The summed E-state index contributed by atoms with van der Waals surface area (Å²) in [5, 5.41) is 8.33. The predicted molar refractivity (Wildman–Crippen MR) is 46.3 cm³/mol. The van der Waals surface area contributed by atoms with Gasteiger partial charge in [0.25, 0.3) is 0 Å². The van der Waals surface area contributed by atoms with Gasteiger partial charge in [-0.05, 0) is 6.42 Å². The van der Waals surface area contributed by atoms with Crippen molar-refractivity contribution in [3.63, 3.8) is 0 Å². The van der Waals surface area contributed by atoms with Gasteiger partial charge in [-0.15, -0.1) is 0 Å². The van der Waals surface area contributed by atoms with Gasteiger partial charge in [-0.3, -0.25) is 9.36 Å². The van der Waals surface area contributed by atoms with Crippen LogP contribution in [-0.4, -0.2) is 33.1 Å². The molecule has 0 saturated heterocycles. The molecular weight excluding hydrogens is 197 g/mol. The van der Waals surface area contributed by atoms with Crippen LogP contribution in [0.25, 0.3) is 0 Å². The van der Waals surface area contributed by atoms with Crippen molar-refractivity contribution in [1.29, 1.82) is 0 Å². The lowest BCUT2D eigenvalue weighted by molar-refractivity contribution is -0.138. The Morgan fingerprint density at radius 3 is 2.38 bits per heavy atom. The molecule has 7 heteroatoms. The van der Waals surface area contributed by atoms with Crippen molar-refractivity contribution in [2.75, 3.05) is 6.16 Å². The van der Waals surface area contributed by atoms with Crippen molar-refractivity contribution in [2.24, 2.45) is 5.73 Å². The van der Waals surface area contributed by atoms with Gasteiger partial charge < -0.3 is 20.6 Å². The van der Waals surface area contributed by atoms with E-state index in [0.717, 1.165) is 0 Å². The number of aliphatic carboxylic acids is 1. The first kappa shape index (κ1) is 12.3. The molecule has 0 aromatic heterocycles. The van der Waals surface area contributed by atoms with Gasteiger partial charge in [0.2, 0.25) is 0 Å². The Kier molecular flexibility index (Phi) is 4.87. The molecular formula is C6H12NO5P. The molecule has 0 bridgehead atoms. The molecule has 0 fully saturated rings. The van der Waals surface area contributed by atoms with Crippen molar-refractivity contribution in [2.45, 2.75) is 12.5 Å². The maximum absolute atomic E-state index is 10.3. The van der Waals surface area contributed by atoms with Gasteiger partial charge in [-0.1, -0.05) is 12.2 Å². The summed E-state index contributed by atoms with van der Waals surface area (Å²) in [5.74, 6) is -1.14. The van der Waals surface area contributed by atoms with E-state index in [9.17, 15) is 9.36 Å². The monoisotopic (exact) mass is 209 g/mol. The first-order chi connectivity index (χ1) is 5.83. The van der Waals surface area contributed by atoms with Gasteiger partial charge in [0, 0.05) is 0 Å². The maximum Gasteiger partial charge on any atom is 0.329 e. The standard InChI is InChI=1S/C6H12NO5P/c7-5(6(8)9)3-1-2-4-13(10,11)12/h1-2,5H,3-4,7H2,(H,8,9)(H2,10,11,12)/b2-1+/t5-/m1/s1. The van der Waals surface area contributed by atoms with Crippen LogP contribution in [0.5, 0.6) is 0 Å². The highest BCUT2D eigenvalue weighted by Crippen LogP contribution is 2.33. The number of carboxylic acid groups (broad SMARTS) is 1. The number of allylic oxidation sites excluding steroid dienone is 1. The molecule has 0 amide bonds. The van der Waals surface area contributed by atoms with Crippen molar-refractivity contribution in [3.05, 3.63) is 12.2 Å². The smallest absolute Gasteiger partial charge is 0.329 e. The number of hydrogen-bond donors (Lipinski definition) is 4. The number of hydrogen-bond acceptors (Lipinski definition) is 3. The number of carboxylic acids is 1. The average molecular weight is 209 g/mol. The molecule has 1 atom stereocenters. The molecule has 6 nitrogen and oxygen atoms in total. The fraction of sp³-hybridized carbons (Fsp3) is 0.500. The molecule has 76 valence electrons. The van der Waals surface area contributed by atoms with Gasteiger partial charge in [0.1, 0.15) is 6.04 Å². The molecule has 0 rings (SSSR count). The molecule has 0 aromatic rings. The van der Waals surface area contributed by atoms with E-state index in [0.29, 0.717) is 0 Å². The first-order valence-electron chi connectivity index (χ1n) is 3.51. The summed E-state index contributed by atoms with van der Waals surface area (Å²) in [7, 11) is -4.02. The van der Waals surface area contributed by atoms with E-state index in [1.165, 1.54) is 12.2 Å². The quantitative estimate of drug-likeness (QED) is 0.358. The summed E-state index contributed by atoms with van der Waals surface area (Å²) in [6.07, 6.45) is 2.25. The molecule has 0 unspecified atom stereocenters. The van der Waals surface area contributed by atoms with E-state index in [2.05, 4.69) is 0 Å². The highest BCUT2D eigenvalue weighted by molar-refractivity contribution is 7.51. The Morgan fingerprint density at radius 1 is 1.46 bits per heavy atom. The maximum atomic E-state index is 10.3. The average Bonchev–Trinajstić information content (AvgIpc) is 1.95. The van der Waals surface area contributed by atoms with Gasteiger partial charge >= 0.3 is 13.6 Å². The predicted octanol–water partition coefficient (Wildman–Crippen LogP) is -0.478. The third kappa shape index (κ3) is 7.67. The third-order valence-electron chi connectivity index (χ3n) is 1.22. The molecule has 13 heavy (non-hydrogen) atoms. The summed E-state index contributed by atoms with van der Waals surface area (Å²) in [4.78, 5) is 27.0. The Labute approximate surface area is 75.2 Å². The Bertz CT molecular complexity index is 245. The minimum absolute atomic E-state index is 0.0648. The summed E-state index contributed by atoms with van der Waals surface area (Å²) in [6, 6.07) is -1.02. The van der Waals surface area contributed by atoms with E-state index < -0.39 is 19.6 Å². The number of nitrogens with two attached hydrogens (primary N) is 1. The summed E-state index contributed by atoms with van der Waals surface area (Å²) < 4.78 is 10.3. The van der Waals surface area contributed by atoms with Crippen LogP contribution < -0.4 is 5.73 Å². The van der Waals surface area contributed by atoms with Crippen LogP contribution in [0.15, 0.2) is 12.2 Å². The second-order valence-electron chi connectivity index (χ2n) is 2.50. The minimum Gasteiger partial charge on any atom is -0.480 e. The Morgan fingerprint density at radius 2 is 2.00 bits per heavy atom. The molecule has 0 saturated carbocycles. The van der Waals surface area contributed by atoms with Crippen LogP contribution in [0.3, 0.4) is 0 Å². The van der Waals surface area contributed by atoms with Crippen LogP contribution >= 0.6 is 7.60 Å². The zero-order valence-electron chi connectivity index (χ0n) is 6.83. The summed E-state index contributed by atoms with van der Waals surface area (Å²) in [6.45, 7) is 0. The van der Waals surface area contributed by atoms with Gasteiger partial charge in [0.15, 0.2) is 0 Å². The lowest BCUT2D eigenvalue weighted by Crippen LogP contribution is -2.29. The van der Waals surface area contributed by atoms with Crippen molar-refractivity contribution in [3.8, 4) is 0 Å². The molecule has 0 radical (unpaired) electrons. The van der Waals surface area contributed by atoms with Crippen molar-refractivity contribution in [1.82, 2.24) is 0 Å². The Hall–Kier alpha value is -0.680. The van der Waals surface area contributed by atoms with E-state index >= 15 is 0 Å². The fourth-order valence-corrected chi connectivity index (χ4v) is 0.979. The first-order valence-corrected chi connectivity index (χ1v) is 5.30. The van der Waals surface area contributed by atoms with Crippen LogP contribution in [0.1, 0.15) is 6.42 Å². The molecule has 0 spiro atoms. The highest BCUT2D eigenvalue weighted by Gasteiger charge is 2.10. The fourth-order valence-electron chi connectivity index (χ4n) is 0.556. The largest absolute Gasteiger partial charge is 0.480 e. The van der Waals surface area contributed by atoms with E-state index in [-0.39, 0.29) is 12.6 Å². The van der Waals surface area contributed by atoms with Crippen molar-refractivity contribution >= 4 is 13.6 Å². The van der Waals surface area contributed by atoms with E-state index in [4.69, 9.17) is 20.6 Å². The van der Waals surface area contributed by atoms with Crippen LogP contribution in [0.2, 0.25) is 0 Å². The van der Waals surface area contributed by atoms with Gasteiger partial charge in [0.05, 0.1) is 6.16 Å². The lowest BCUT2D eigenvalue weighted by Gasteiger charge is -2.01. The molecule has 0 aromatic carbocycles. The van der Waals surface area contributed by atoms with Gasteiger partial charge in [-0.25, -0.2) is 0 Å². The summed E-state index contributed by atoms with van der Waals surface area (Å²) >= 11 is 0. The molecule has 0 aliphatic carbocycles. The normalized spacial score (nSPS) is 14.7. The van der Waals surface area contributed by atoms with E-state index in [1.54, 1.807) is 0 Å². The molecule has 0 aliphatic heterocycles. The molecule has 5 N–H and O–H groups in total. The zero-order chi connectivity index (χ0) is 10.5. The van der Waals surface area contributed by atoms with E-state index in [1.807, 2.05) is 0 Å². The molecule has 0 aliphatic rings. The summed E-state index contributed by atoms with van der Waals surface area (Å²) in [5.41, 5.74) is 5.12. The van der Waals surface area contributed by atoms with Crippen LogP contribution in [-0.2, 0) is 9.36 Å². The highest BCUT2D eigenvalue weighted by atomic mass is 31.2. The SMILES string of the molecule is N[C@H](C/C=C/CP(=O)(O)O)C(=O)O.